The van der Waals surface area contributed by atoms with Gasteiger partial charge in [0.2, 0.25) is 0 Å². The van der Waals surface area contributed by atoms with Crippen molar-refractivity contribution >= 4 is 0 Å². The normalized spacial score (nSPS) is 15.5. The van der Waals surface area contributed by atoms with E-state index in [0.29, 0.717) is 17.1 Å². The Morgan fingerprint density at radius 3 is 2.33 bits per heavy atom. The molecular formula is C19H19F3O2. The quantitative estimate of drug-likeness (QED) is 0.713. The van der Waals surface area contributed by atoms with Gasteiger partial charge in [0.05, 0.1) is 18.8 Å². The molecule has 2 nitrogen and oxygen atoms in total. The maximum atomic E-state index is 13.3. The van der Waals surface area contributed by atoms with Gasteiger partial charge in [0.25, 0.3) is 0 Å². The summed E-state index contributed by atoms with van der Waals surface area (Å²) in [5.74, 6) is 1.04. The molecule has 1 aliphatic carbocycles. The highest BCUT2D eigenvalue weighted by molar-refractivity contribution is 5.71. The van der Waals surface area contributed by atoms with Crippen molar-refractivity contribution < 1.29 is 22.6 Å². The minimum atomic E-state index is -4.40. The van der Waals surface area contributed by atoms with Gasteiger partial charge in [-0.15, -0.1) is 0 Å². The Morgan fingerprint density at radius 1 is 0.958 bits per heavy atom. The molecule has 0 bridgehead atoms. The van der Waals surface area contributed by atoms with E-state index in [9.17, 15) is 13.2 Å². The molecule has 0 radical (unpaired) electrons. The number of hydrogen-bond acceptors (Lipinski definition) is 2. The van der Waals surface area contributed by atoms with Crippen LogP contribution in [0.3, 0.4) is 0 Å². The van der Waals surface area contributed by atoms with Gasteiger partial charge in [-0.3, -0.25) is 0 Å². The summed E-state index contributed by atoms with van der Waals surface area (Å²) in [7, 11) is 1.53. The van der Waals surface area contributed by atoms with Crippen LogP contribution in [-0.2, 0) is 6.18 Å². The average molecular weight is 336 g/mol. The number of ether oxygens (including phenoxy) is 2. The lowest BCUT2D eigenvalue weighted by atomic mass is 9.99. The van der Waals surface area contributed by atoms with Gasteiger partial charge in [-0.2, -0.15) is 13.2 Å². The van der Waals surface area contributed by atoms with Crippen LogP contribution in [0.4, 0.5) is 13.2 Å². The maximum absolute atomic E-state index is 13.3. The van der Waals surface area contributed by atoms with E-state index in [0.717, 1.165) is 31.7 Å². The largest absolute Gasteiger partial charge is 0.493 e. The van der Waals surface area contributed by atoms with Gasteiger partial charge >= 0.3 is 6.18 Å². The van der Waals surface area contributed by atoms with Gasteiger partial charge < -0.3 is 9.47 Å². The van der Waals surface area contributed by atoms with Crippen LogP contribution in [0.25, 0.3) is 11.1 Å². The van der Waals surface area contributed by atoms with Gasteiger partial charge in [-0.25, -0.2) is 0 Å². The number of methoxy groups -OCH3 is 1. The molecule has 128 valence electrons. The van der Waals surface area contributed by atoms with Crippen LogP contribution in [0.5, 0.6) is 11.5 Å². The third kappa shape index (κ3) is 3.50. The number of benzene rings is 2. The molecular weight excluding hydrogens is 317 g/mol. The molecule has 0 saturated heterocycles. The third-order valence-corrected chi connectivity index (χ3v) is 4.30. The zero-order valence-corrected chi connectivity index (χ0v) is 13.4. The van der Waals surface area contributed by atoms with Gasteiger partial charge in [-0.05, 0) is 55.0 Å². The summed E-state index contributed by atoms with van der Waals surface area (Å²) < 4.78 is 51.0. The summed E-state index contributed by atoms with van der Waals surface area (Å²) in [4.78, 5) is 0. The van der Waals surface area contributed by atoms with Crippen molar-refractivity contribution in [3.8, 4) is 22.6 Å². The first-order valence-corrected chi connectivity index (χ1v) is 8.00. The molecule has 5 heteroatoms. The van der Waals surface area contributed by atoms with Crippen LogP contribution in [0.1, 0.15) is 31.2 Å². The molecule has 0 atom stereocenters. The molecule has 2 aromatic carbocycles. The molecule has 1 saturated carbocycles. The van der Waals surface area contributed by atoms with E-state index in [4.69, 9.17) is 9.47 Å². The van der Waals surface area contributed by atoms with Crippen molar-refractivity contribution in [2.24, 2.45) is 0 Å². The lowest BCUT2D eigenvalue weighted by molar-refractivity contribution is -0.137. The third-order valence-electron chi connectivity index (χ3n) is 4.30. The van der Waals surface area contributed by atoms with E-state index in [1.165, 1.54) is 19.2 Å². The molecule has 0 amide bonds. The highest BCUT2D eigenvalue weighted by Gasteiger charge is 2.33. The van der Waals surface area contributed by atoms with Gasteiger partial charge in [0.1, 0.15) is 0 Å². The lowest BCUT2D eigenvalue weighted by Crippen LogP contribution is -2.12. The SMILES string of the molecule is COc1ccc(-c2ccccc2C(F)(F)F)cc1OC1CCCC1. The Balaban J connectivity index is 2.00. The van der Waals surface area contributed by atoms with Crippen molar-refractivity contribution in [1.82, 2.24) is 0 Å². The van der Waals surface area contributed by atoms with Crippen molar-refractivity contribution in [3.63, 3.8) is 0 Å². The van der Waals surface area contributed by atoms with Gasteiger partial charge in [-0.1, -0.05) is 24.3 Å². The first kappa shape index (κ1) is 16.7. The zero-order valence-electron chi connectivity index (χ0n) is 13.4. The minimum absolute atomic E-state index is 0.104. The van der Waals surface area contributed by atoms with E-state index < -0.39 is 11.7 Å². The van der Waals surface area contributed by atoms with Crippen molar-refractivity contribution in [1.29, 1.82) is 0 Å². The summed E-state index contributed by atoms with van der Waals surface area (Å²) in [5, 5.41) is 0. The van der Waals surface area contributed by atoms with Crippen LogP contribution >= 0.6 is 0 Å². The van der Waals surface area contributed by atoms with Crippen LogP contribution in [0.15, 0.2) is 42.5 Å². The minimum Gasteiger partial charge on any atom is -0.493 e. The smallest absolute Gasteiger partial charge is 0.417 e. The summed E-state index contributed by atoms with van der Waals surface area (Å²) in [6.07, 6.45) is -0.137. The van der Waals surface area contributed by atoms with Crippen LogP contribution in [0, 0.1) is 0 Å². The van der Waals surface area contributed by atoms with Gasteiger partial charge in [0.15, 0.2) is 11.5 Å². The Labute approximate surface area is 139 Å². The lowest BCUT2D eigenvalue weighted by Gasteiger charge is -2.18. The molecule has 0 unspecified atom stereocenters. The topological polar surface area (TPSA) is 18.5 Å². The molecule has 24 heavy (non-hydrogen) atoms. The molecule has 0 spiro atoms. The molecule has 3 rings (SSSR count). The maximum Gasteiger partial charge on any atom is 0.417 e. The molecule has 0 heterocycles. The molecule has 1 aliphatic rings. The second kappa shape index (κ2) is 6.75. The highest BCUT2D eigenvalue weighted by atomic mass is 19.4. The predicted molar refractivity (Wildman–Crippen MR) is 86.3 cm³/mol. The Bertz CT molecular complexity index is 704. The fraction of sp³-hybridized carbons (Fsp3) is 0.368. The van der Waals surface area contributed by atoms with Crippen LogP contribution < -0.4 is 9.47 Å². The Morgan fingerprint density at radius 2 is 1.67 bits per heavy atom. The fourth-order valence-electron chi connectivity index (χ4n) is 3.10. The van der Waals surface area contributed by atoms with Gasteiger partial charge in [0, 0.05) is 0 Å². The van der Waals surface area contributed by atoms with Crippen molar-refractivity contribution in [2.45, 2.75) is 38.0 Å². The summed E-state index contributed by atoms with van der Waals surface area (Å²) in [6.45, 7) is 0. The molecule has 0 N–H and O–H groups in total. The molecule has 0 aliphatic heterocycles. The fourth-order valence-corrected chi connectivity index (χ4v) is 3.10. The van der Waals surface area contributed by atoms with E-state index >= 15 is 0 Å². The number of alkyl halides is 3. The Hall–Kier alpha value is -2.17. The number of hydrogen-bond donors (Lipinski definition) is 0. The average Bonchev–Trinajstić information content (AvgIpc) is 3.07. The summed E-state index contributed by atoms with van der Waals surface area (Å²) >= 11 is 0. The molecule has 1 fully saturated rings. The first-order chi connectivity index (χ1) is 11.5. The van der Waals surface area contributed by atoms with E-state index in [1.54, 1.807) is 24.3 Å². The monoisotopic (exact) mass is 336 g/mol. The second-order valence-electron chi connectivity index (χ2n) is 5.93. The molecule has 2 aromatic rings. The predicted octanol–water partition coefficient (Wildman–Crippen LogP) is 5.70. The first-order valence-electron chi connectivity index (χ1n) is 8.00. The standard InChI is InChI=1S/C19H19F3O2/c1-23-17-11-10-13(12-18(17)24-14-6-2-3-7-14)15-8-4-5-9-16(15)19(20,21)22/h4-5,8-12,14H,2-3,6-7H2,1H3. The van der Waals surface area contributed by atoms with Crippen LogP contribution in [-0.4, -0.2) is 13.2 Å². The highest BCUT2D eigenvalue weighted by Crippen LogP contribution is 2.40. The van der Waals surface area contributed by atoms with Crippen molar-refractivity contribution in [3.05, 3.63) is 48.0 Å². The summed E-state index contributed by atoms with van der Waals surface area (Å²) in [6, 6.07) is 10.5. The van der Waals surface area contributed by atoms with E-state index in [2.05, 4.69) is 0 Å². The number of halogens is 3. The number of rotatable bonds is 4. The van der Waals surface area contributed by atoms with Crippen LogP contribution in [0.2, 0.25) is 0 Å². The zero-order chi connectivity index (χ0) is 17.2. The van der Waals surface area contributed by atoms with Crippen molar-refractivity contribution in [2.75, 3.05) is 7.11 Å². The summed E-state index contributed by atoms with van der Waals surface area (Å²) in [5.41, 5.74) is -0.0392. The second-order valence-corrected chi connectivity index (χ2v) is 5.93. The van der Waals surface area contributed by atoms with E-state index in [-0.39, 0.29) is 11.7 Å². The Kier molecular flexibility index (Phi) is 4.69. The molecule has 0 aromatic heterocycles. The van der Waals surface area contributed by atoms with E-state index in [1.807, 2.05) is 0 Å².